The molecule has 0 saturated carbocycles. The van der Waals surface area contributed by atoms with Gasteiger partial charge >= 0.3 is 6.18 Å². The molecule has 94 valence electrons. The zero-order valence-electron chi connectivity index (χ0n) is 9.28. The normalized spacial score (nSPS) is 16.2. The number of halogens is 3. The van der Waals surface area contributed by atoms with Crippen LogP contribution in [0, 0.1) is 0 Å². The van der Waals surface area contributed by atoms with Gasteiger partial charge in [0.05, 0.1) is 11.1 Å². The zero-order valence-corrected chi connectivity index (χ0v) is 9.28. The number of hydrogen-bond acceptors (Lipinski definition) is 2. The molecule has 0 fully saturated rings. The molecule has 3 nitrogen and oxygen atoms in total. The second kappa shape index (κ2) is 3.97. The van der Waals surface area contributed by atoms with Gasteiger partial charge < -0.3 is 0 Å². The lowest BCUT2D eigenvalue weighted by molar-refractivity contribution is -0.137. The van der Waals surface area contributed by atoms with Crippen LogP contribution in [0.5, 0.6) is 0 Å². The van der Waals surface area contributed by atoms with Gasteiger partial charge in [0.25, 0.3) is 11.8 Å². The minimum Gasteiger partial charge on any atom is -0.278 e. The second-order valence-corrected chi connectivity index (χ2v) is 3.84. The molecule has 0 unspecified atom stereocenters. The van der Waals surface area contributed by atoms with Crippen molar-refractivity contribution in [3.63, 3.8) is 0 Å². The molecule has 18 heavy (non-hydrogen) atoms. The van der Waals surface area contributed by atoms with E-state index in [9.17, 15) is 22.8 Å². The van der Waals surface area contributed by atoms with Crippen molar-refractivity contribution < 1.29 is 22.8 Å². The van der Waals surface area contributed by atoms with E-state index in [1.165, 1.54) is 19.2 Å². The van der Waals surface area contributed by atoms with E-state index in [-0.39, 0.29) is 5.57 Å². The Bertz CT molecular complexity index is 543. The van der Waals surface area contributed by atoms with Gasteiger partial charge in [-0.3, -0.25) is 14.5 Å². The molecule has 2 rings (SSSR count). The molecule has 0 radical (unpaired) electrons. The van der Waals surface area contributed by atoms with Crippen molar-refractivity contribution in [2.45, 2.75) is 6.18 Å². The van der Waals surface area contributed by atoms with E-state index >= 15 is 0 Å². The summed E-state index contributed by atoms with van der Waals surface area (Å²) in [5.74, 6) is -0.991. The van der Waals surface area contributed by atoms with Crippen molar-refractivity contribution in [2.75, 3.05) is 7.05 Å². The first-order chi connectivity index (χ1) is 8.30. The van der Waals surface area contributed by atoms with Crippen LogP contribution in [0.2, 0.25) is 0 Å². The molecule has 0 aromatic heterocycles. The highest BCUT2D eigenvalue weighted by Gasteiger charge is 2.32. The molecule has 0 saturated heterocycles. The van der Waals surface area contributed by atoms with Gasteiger partial charge in [0.2, 0.25) is 0 Å². The lowest BCUT2D eigenvalue weighted by Gasteiger charge is -2.09. The van der Waals surface area contributed by atoms with Crippen molar-refractivity contribution >= 4 is 17.4 Å². The van der Waals surface area contributed by atoms with Gasteiger partial charge in [-0.15, -0.1) is 0 Å². The number of likely N-dealkylation sites (N-methyl/N-ethyl adjacent to an activating group) is 1. The van der Waals surface area contributed by atoms with E-state index in [1.807, 2.05) is 0 Å². The minimum absolute atomic E-state index is 0.108. The second-order valence-electron chi connectivity index (χ2n) is 3.84. The van der Waals surface area contributed by atoms with Crippen molar-refractivity contribution in [3.8, 4) is 0 Å². The van der Waals surface area contributed by atoms with E-state index in [1.54, 1.807) is 0 Å². The lowest BCUT2D eigenvalue weighted by atomic mass is 10.0. The SMILES string of the molecule is CN1C(=O)C=C(c2ccc(C(F)(F)F)cc2)C1=O. The number of alkyl halides is 3. The standard InChI is InChI=1S/C12H8F3NO2/c1-16-10(17)6-9(11(16)18)7-2-4-8(5-3-7)12(13,14)15/h2-6H,1H3. The molecule has 1 aliphatic heterocycles. The third-order valence-corrected chi connectivity index (χ3v) is 2.66. The van der Waals surface area contributed by atoms with Crippen molar-refractivity contribution in [1.29, 1.82) is 0 Å². The molecular weight excluding hydrogens is 247 g/mol. The predicted octanol–water partition coefficient (Wildman–Crippen LogP) is 2.09. The van der Waals surface area contributed by atoms with Gasteiger partial charge in [-0.2, -0.15) is 13.2 Å². The maximum absolute atomic E-state index is 12.4. The van der Waals surface area contributed by atoms with Gasteiger partial charge in [0.1, 0.15) is 0 Å². The number of hydrogen-bond donors (Lipinski definition) is 0. The Hall–Kier alpha value is -2.11. The van der Waals surface area contributed by atoms with Crippen molar-refractivity contribution in [3.05, 3.63) is 41.5 Å². The summed E-state index contributed by atoms with van der Waals surface area (Å²) in [5, 5.41) is 0. The molecule has 1 aliphatic rings. The van der Waals surface area contributed by atoms with Gasteiger partial charge in [0, 0.05) is 13.1 Å². The van der Waals surface area contributed by atoms with Crippen LogP contribution < -0.4 is 0 Å². The van der Waals surface area contributed by atoms with Crippen LogP contribution in [-0.4, -0.2) is 23.8 Å². The fourth-order valence-electron chi connectivity index (χ4n) is 1.61. The van der Waals surface area contributed by atoms with Crippen LogP contribution in [0.25, 0.3) is 5.57 Å². The number of benzene rings is 1. The van der Waals surface area contributed by atoms with E-state index in [4.69, 9.17) is 0 Å². The topological polar surface area (TPSA) is 37.4 Å². The summed E-state index contributed by atoms with van der Waals surface area (Å²) >= 11 is 0. The largest absolute Gasteiger partial charge is 0.416 e. The summed E-state index contributed by atoms with van der Waals surface area (Å²) in [6, 6.07) is 4.12. The quantitative estimate of drug-likeness (QED) is 0.720. The number of amides is 2. The van der Waals surface area contributed by atoms with Crippen LogP contribution in [0.3, 0.4) is 0 Å². The first-order valence-electron chi connectivity index (χ1n) is 5.02. The number of carbonyl (C=O) groups excluding carboxylic acids is 2. The summed E-state index contributed by atoms with van der Waals surface area (Å²) in [6.45, 7) is 0. The fraction of sp³-hybridized carbons (Fsp3) is 0.167. The molecule has 1 heterocycles. The summed E-state index contributed by atoms with van der Waals surface area (Å²) in [7, 11) is 1.32. The third kappa shape index (κ3) is 2.01. The van der Waals surface area contributed by atoms with Crippen LogP contribution in [0.4, 0.5) is 13.2 Å². The summed E-state index contributed by atoms with van der Waals surface area (Å²) < 4.78 is 37.1. The average molecular weight is 255 g/mol. The van der Waals surface area contributed by atoms with Crippen molar-refractivity contribution in [1.82, 2.24) is 4.90 Å². The smallest absolute Gasteiger partial charge is 0.278 e. The van der Waals surface area contributed by atoms with Crippen LogP contribution in [0.15, 0.2) is 30.3 Å². The maximum atomic E-state index is 12.4. The summed E-state index contributed by atoms with van der Waals surface area (Å²) in [6.07, 6.45) is -3.30. The molecule has 1 aromatic rings. The van der Waals surface area contributed by atoms with E-state index in [0.717, 1.165) is 23.1 Å². The predicted molar refractivity (Wildman–Crippen MR) is 57.2 cm³/mol. The maximum Gasteiger partial charge on any atom is 0.416 e. The Kier molecular flexibility index (Phi) is 2.73. The Morgan fingerprint density at radius 3 is 2.00 bits per heavy atom. The number of carbonyl (C=O) groups is 2. The van der Waals surface area contributed by atoms with Crippen LogP contribution >= 0.6 is 0 Å². The number of rotatable bonds is 1. The fourth-order valence-corrected chi connectivity index (χ4v) is 1.61. The van der Waals surface area contributed by atoms with Gasteiger partial charge in [0.15, 0.2) is 0 Å². The first-order valence-corrected chi connectivity index (χ1v) is 5.02. The lowest BCUT2D eigenvalue weighted by Crippen LogP contribution is -2.25. The monoisotopic (exact) mass is 255 g/mol. The third-order valence-electron chi connectivity index (χ3n) is 2.66. The Morgan fingerprint density at radius 2 is 1.61 bits per heavy atom. The van der Waals surface area contributed by atoms with Gasteiger partial charge in [-0.05, 0) is 17.7 Å². The molecule has 0 bridgehead atoms. The van der Waals surface area contributed by atoms with E-state index in [2.05, 4.69) is 0 Å². The average Bonchev–Trinajstić information content (AvgIpc) is 2.56. The van der Waals surface area contributed by atoms with Gasteiger partial charge in [-0.25, -0.2) is 0 Å². The Morgan fingerprint density at radius 1 is 1.06 bits per heavy atom. The van der Waals surface area contributed by atoms with E-state index in [0.29, 0.717) is 5.56 Å². The van der Waals surface area contributed by atoms with Crippen molar-refractivity contribution in [2.24, 2.45) is 0 Å². The number of nitrogens with zero attached hydrogens (tertiary/aromatic N) is 1. The molecular formula is C12H8F3NO2. The van der Waals surface area contributed by atoms with Gasteiger partial charge in [-0.1, -0.05) is 12.1 Å². The highest BCUT2D eigenvalue weighted by Crippen LogP contribution is 2.31. The summed E-state index contributed by atoms with van der Waals surface area (Å²) in [5.41, 5.74) is -0.390. The highest BCUT2D eigenvalue weighted by atomic mass is 19.4. The zero-order chi connectivity index (χ0) is 13.5. The molecule has 1 aromatic carbocycles. The molecule has 0 aliphatic carbocycles. The first kappa shape index (κ1) is 12.3. The molecule has 2 amide bonds. The Balaban J connectivity index is 2.35. The van der Waals surface area contributed by atoms with Crippen LogP contribution in [0.1, 0.15) is 11.1 Å². The van der Waals surface area contributed by atoms with Crippen LogP contribution in [-0.2, 0) is 15.8 Å². The molecule has 0 spiro atoms. The van der Waals surface area contributed by atoms with E-state index < -0.39 is 23.6 Å². The molecule has 0 atom stereocenters. The highest BCUT2D eigenvalue weighted by molar-refractivity contribution is 6.33. The Labute approximate surface area is 101 Å². The minimum atomic E-state index is -4.42. The number of imide groups is 1. The molecule has 0 N–H and O–H groups in total. The molecule has 6 heteroatoms. The summed E-state index contributed by atoms with van der Waals surface area (Å²) in [4.78, 5) is 23.8.